The summed E-state index contributed by atoms with van der Waals surface area (Å²) in [6.45, 7) is 0. The molecule has 6 heteroatoms. The van der Waals surface area contributed by atoms with Gasteiger partial charge in [-0.05, 0) is 36.4 Å². The normalized spacial score (nSPS) is 14.0. The van der Waals surface area contributed by atoms with Crippen molar-refractivity contribution in [3.05, 3.63) is 64.9 Å². The van der Waals surface area contributed by atoms with Gasteiger partial charge in [-0.1, -0.05) is 6.08 Å². The van der Waals surface area contributed by atoms with Crippen molar-refractivity contribution >= 4 is 11.5 Å². The first-order chi connectivity index (χ1) is 10.9. The number of halogens is 3. The van der Waals surface area contributed by atoms with Crippen molar-refractivity contribution in [3.8, 4) is 5.75 Å². The minimum absolute atomic E-state index is 0.117. The summed E-state index contributed by atoms with van der Waals surface area (Å²) >= 11 is 0. The molecule has 23 heavy (non-hydrogen) atoms. The van der Waals surface area contributed by atoms with E-state index in [1.807, 2.05) is 0 Å². The number of methoxy groups -OCH3 is 2. The first kappa shape index (κ1) is 16.6. The molecule has 0 unspecified atom stereocenters. The van der Waals surface area contributed by atoms with Crippen LogP contribution >= 0.6 is 0 Å². The molecule has 1 aromatic rings. The summed E-state index contributed by atoms with van der Waals surface area (Å²) in [5, 5.41) is 0. The van der Waals surface area contributed by atoms with Gasteiger partial charge in [0.25, 0.3) is 0 Å². The van der Waals surface area contributed by atoms with Crippen LogP contribution in [0.15, 0.2) is 53.8 Å². The smallest absolute Gasteiger partial charge is 0.416 e. The van der Waals surface area contributed by atoms with E-state index in [2.05, 4.69) is 5.73 Å². The Morgan fingerprint density at radius 2 is 1.96 bits per heavy atom. The molecular formula is C17H13F3O3. The second-order valence-electron chi connectivity index (χ2n) is 4.57. The number of carbonyl (C=O) groups is 1. The van der Waals surface area contributed by atoms with Gasteiger partial charge in [-0.2, -0.15) is 13.2 Å². The van der Waals surface area contributed by atoms with Gasteiger partial charge in [0.15, 0.2) is 0 Å². The Labute approximate surface area is 131 Å². The number of alkyl halides is 3. The highest BCUT2D eigenvalue weighted by molar-refractivity contribution is 6.03. The maximum atomic E-state index is 13.0. The predicted octanol–water partition coefficient (Wildman–Crippen LogP) is 3.92. The van der Waals surface area contributed by atoms with Crippen molar-refractivity contribution in [2.24, 2.45) is 0 Å². The number of benzene rings is 1. The molecule has 0 atom stereocenters. The Bertz CT molecular complexity index is 749. The molecule has 0 aromatic heterocycles. The average molecular weight is 322 g/mol. The van der Waals surface area contributed by atoms with Crippen LogP contribution in [0.1, 0.15) is 11.1 Å². The summed E-state index contributed by atoms with van der Waals surface area (Å²) in [5.74, 6) is -0.452. The SMILES string of the molecule is COC(=O)C1=C(c2cc(C(F)(F)F)ccc2OC)C=C=CC=C1. The van der Waals surface area contributed by atoms with Gasteiger partial charge in [0.1, 0.15) is 5.75 Å². The molecule has 0 fully saturated rings. The van der Waals surface area contributed by atoms with Crippen LogP contribution in [0.4, 0.5) is 13.2 Å². The van der Waals surface area contributed by atoms with E-state index in [1.165, 1.54) is 38.5 Å². The van der Waals surface area contributed by atoms with E-state index in [0.29, 0.717) is 0 Å². The minimum Gasteiger partial charge on any atom is -0.496 e. The average Bonchev–Trinajstić information content (AvgIpc) is 2.78. The maximum absolute atomic E-state index is 13.0. The Hall–Kier alpha value is -2.72. The van der Waals surface area contributed by atoms with Gasteiger partial charge in [-0.15, -0.1) is 5.73 Å². The molecule has 0 saturated carbocycles. The highest BCUT2D eigenvalue weighted by Crippen LogP contribution is 2.37. The topological polar surface area (TPSA) is 35.5 Å². The van der Waals surface area contributed by atoms with E-state index in [-0.39, 0.29) is 22.5 Å². The van der Waals surface area contributed by atoms with E-state index in [9.17, 15) is 18.0 Å². The lowest BCUT2D eigenvalue weighted by atomic mass is 9.96. The van der Waals surface area contributed by atoms with E-state index >= 15 is 0 Å². The van der Waals surface area contributed by atoms with Crippen molar-refractivity contribution in [2.75, 3.05) is 14.2 Å². The second kappa shape index (κ2) is 6.58. The van der Waals surface area contributed by atoms with Crippen molar-refractivity contribution in [2.45, 2.75) is 6.18 Å². The van der Waals surface area contributed by atoms with Crippen LogP contribution in [0, 0.1) is 0 Å². The van der Waals surface area contributed by atoms with Crippen LogP contribution < -0.4 is 4.74 Å². The zero-order valence-corrected chi connectivity index (χ0v) is 12.4. The lowest BCUT2D eigenvalue weighted by Gasteiger charge is -2.15. The first-order valence-electron chi connectivity index (χ1n) is 6.56. The van der Waals surface area contributed by atoms with Crippen LogP contribution in [0.3, 0.4) is 0 Å². The predicted molar refractivity (Wildman–Crippen MR) is 78.7 cm³/mol. The molecule has 0 saturated heterocycles. The maximum Gasteiger partial charge on any atom is 0.416 e. The van der Waals surface area contributed by atoms with E-state index in [0.717, 1.165) is 12.1 Å². The third-order valence-corrected chi connectivity index (χ3v) is 3.20. The van der Waals surface area contributed by atoms with Crippen molar-refractivity contribution in [1.29, 1.82) is 0 Å². The van der Waals surface area contributed by atoms with Crippen LogP contribution in [0.25, 0.3) is 5.57 Å². The molecule has 0 aliphatic heterocycles. The fourth-order valence-electron chi connectivity index (χ4n) is 2.10. The van der Waals surface area contributed by atoms with Gasteiger partial charge in [-0.3, -0.25) is 0 Å². The molecule has 3 nitrogen and oxygen atoms in total. The fraction of sp³-hybridized carbons (Fsp3) is 0.176. The molecule has 1 aliphatic rings. The molecule has 120 valence electrons. The summed E-state index contributed by atoms with van der Waals surface area (Å²) in [4.78, 5) is 11.9. The molecule has 0 bridgehead atoms. The molecule has 2 rings (SSSR count). The third kappa shape index (κ3) is 3.55. The summed E-state index contributed by atoms with van der Waals surface area (Å²) in [6.07, 6.45) is 1.46. The van der Waals surface area contributed by atoms with Gasteiger partial charge < -0.3 is 9.47 Å². The van der Waals surface area contributed by atoms with Crippen molar-refractivity contribution < 1.29 is 27.4 Å². The van der Waals surface area contributed by atoms with Crippen LogP contribution in [0.5, 0.6) is 5.75 Å². The van der Waals surface area contributed by atoms with Gasteiger partial charge >= 0.3 is 12.1 Å². The Morgan fingerprint density at radius 1 is 1.22 bits per heavy atom. The van der Waals surface area contributed by atoms with Gasteiger partial charge in [-0.25, -0.2) is 4.79 Å². The number of carbonyl (C=O) groups excluding carboxylic acids is 1. The van der Waals surface area contributed by atoms with E-state index in [1.54, 1.807) is 6.08 Å². The quantitative estimate of drug-likeness (QED) is 0.625. The molecule has 1 aliphatic carbocycles. The second-order valence-corrected chi connectivity index (χ2v) is 4.57. The zero-order valence-electron chi connectivity index (χ0n) is 12.4. The number of rotatable bonds is 3. The highest BCUT2D eigenvalue weighted by Gasteiger charge is 2.32. The Balaban J connectivity index is 2.74. The molecule has 0 radical (unpaired) electrons. The molecular weight excluding hydrogens is 309 g/mol. The third-order valence-electron chi connectivity index (χ3n) is 3.20. The highest BCUT2D eigenvalue weighted by atomic mass is 19.4. The summed E-state index contributed by atoms with van der Waals surface area (Å²) in [6, 6.07) is 3.08. The Kier molecular flexibility index (Phi) is 4.77. The monoisotopic (exact) mass is 322 g/mol. The lowest BCUT2D eigenvalue weighted by Crippen LogP contribution is -2.08. The largest absolute Gasteiger partial charge is 0.496 e. The number of allylic oxidation sites excluding steroid dienone is 3. The minimum atomic E-state index is -4.51. The first-order valence-corrected chi connectivity index (χ1v) is 6.56. The van der Waals surface area contributed by atoms with Crippen molar-refractivity contribution in [3.63, 3.8) is 0 Å². The number of hydrogen-bond donors (Lipinski definition) is 0. The van der Waals surface area contributed by atoms with Crippen LogP contribution in [-0.4, -0.2) is 20.2 Å². The molecule has 0 amide bonds. The van der Waals surface area contributed by atoms with Gasteiger partial charge in [0.2, 0.25) is 0 Å². The lowest BCUT2D eigenvalue weighted by molar-refractivity contribution is -0.137. The summed E-state index contributed by atoms with van der Waals surface area (Å²) in [5.41, 5.74) is 2.43. The van der Waals surface area contributed by atoms with Gasteiger partial charge in [0.05, 0.1) is 25.4 Å². The number of esters is 1. The zero-order chi connectivity index (χ0) is 17.0. The molecule has 0 N–H and O–H groups in total. The fourth-order valence-corrected chi connectivity index (χ4v) is 2.10. The molecule has 0 spiro atoms. The summed E-state index contributed by atoms with van der Waals surface area (Å²) in [7, 11) is 2.54. The van der Waals surface area contributed by atoms with E-state index < -0.39 is 17.7 Å². The van der Waals surface area contributed by atoms with Crippen LogP contribution in [-0.2, 0) is 15.7 Å². The summed E-state index contributed by atoms with van der Waals surface area (Å²) < 4.78 is 48.8. The standard InChI is InChI=1S/C17H13F3O3/c1-22-15-9-8-11(17(18,19)20)10-14(15)12-6-4-3-5-7-13(12)16(21)23-2/h3,5-10H,1-2H3. The number of hydrogen-bond acceptors (Lipinski definition) is 3. The number of ether oxygens (including phenoxy) is 2. The Morgan fingerprint density at radius 3 is 2.57 bits per heavy atom. The molecule has 0 heterocycles. The van der Waals surface area contributed by atoms with Crippen LogP contribution in [0.2, 0.25) is 0 Å². The van der Waals surface area contributed by atoms with Gasteiger partial charge in [0, 0.05) is 11.1 Å². The van der Waals surface area contributed by atoms with E-state index in [4.69, 9.17) is 9.47 Å². The molecule has 1 aromatic carbocycles. The van der Waals surface area contributed by atoms with Crippen molar-refractivity contribution in [1.82, 2.24) is 0 Å².